The summed E-state index contributed by atoms with van der Waals surface area (Å²) in [6.07, 6.45) is 4.60. The van der Waals surface area contributed by atoms with Crippen LogP contribution in [0.1, 0.15) is 49.7 Å². The number of carbonyl (C=O) groups excluding carboxylic acids is 1. The molecule has 2 aliphatic carbocycles. The van der Waals surface area contributed by atoms with Gasteiger partial charge in [-0.3, -0.25) is 4.79 Å². The Kier molecular flexibility index (Phi) is 5.65. The maximum absolute atomic E-state index is 13.0. The highest BCUT2D eigenvalue weighted by atomic mass is 19.2. The monoisotopic (exact) mass is 404 g/mol. The van der Waals surface area contributed by atoms with Gasteiger partial charge in [0.15, 0.2) is 23.3 Å². The number of amides is 1. The maximum Gasteiger partial charge on any atom is 0.228 e. The predicted octanol–water partition coefficient (Wildman–Crippen LogP) is 4.78. The van der Waals surface area contributed by atoms with E-state index in [1.807, 2.05) is 0 Å². The van der Waals surface area contributed by atoms with Crippen molar-refractivity contribution in [2.75, 3.05) is 0 Å². The number of benzene rings is 2. The molecule has 2 saturated carbocycles. The first-order valence-corrected chi connectivity index (χ1v) is 9.36. The van der Waals surface area contributed by atoms with Gasteiger partial charge in [0.05, 0.1) is 16.9 Å². The summed E-state index contributed by atoms with van der Waals surface area (Å²) in [5.41, 5.74) is 5.06. The second kappa shape index (κ2) is 7.86. The van der Waals surface area contributed by atoms with Crippen molar-refractivity contribution in [3.8, 4) is 6.07 Å². The van der Waals surface area contributed by atoms with Crippen molar-refractivity contribution in [1.82, 2.24) is 0 Å². The van der Waals surface area contributed by atoms with Crippen molar-refractivity contribution < 1.29 is 22.4 Å². The summed E-state index contributed by atoms with van der Waals surface area (Å²) in [4.78, 5) is 11.3. The number of halogens is 4. The number of nitrogens with zero attached hydrogens (tertiary/aromatic N) is 1. The molecule has 0 aliphatic heterocycles. The third-order valence-corrected chi connectivity index (χ3v) is 6.04. The average Bonchev–Trinajstić information content (AvgIpc) is 2.60. The molecule has 1 amide bonds. The summed E-state index contributed by atoms with van der Waals surface area (Å²) in [5, 5.41) is 8.98. The minimum absolute atomic E-state index is 0.459. The molecular weight excluding hydrogens is 384 g/mol. The molecule has 0 radical (unpaired) electrons. The normalized spacial score (nSPS) is 18.3. The van der Waals surface area contributed by atoms with E-state index < -0.39 is 40.0 Å². The molecule has 2 aromatic carbocycles. The summed E-state index contributed by atoms with van der Waals surface area (Å²) in [5.74, 6) is -4.03. The number of hydrogen-bond acceptors (Lipinski definition) is 2. The summed E-state index contributed by atoms with van der Waals surface area (Å²) < 4.78 is 51.3. The second-order valence-electron chi connectivity index (χ2n) is 7.61. The van der Waals surface area contributed by atoms with E-state index in [4.69, 9.17) is 11.0 Å². The number of hydrogen-bond donors (Lipinski definition) is 1. The Morgan fingerprint density at radius 2 is 1.31 bits per heavy atom. The van der Waals surface area contributed by atoms with E-state index in [0.717, 1.165) is 49.9 Å². The molecule has 2 N–H and O–H groups in total. The first-order valence-electron chi connectivity index (χ1n) is 9.36. The molecule has 29 heavy (non-hydrogen) atoms. The molecule has 0 spiro atoms. The van der Waals surface area contributed by atoms with Crippen LogP contribution in [0.15, 0.2) is 36.4 Å². The zero-order valence-electron chi connectivity index (χ0n) is 15.7. The smallest absolute Gasteiger partial charge is 0.228 e. The van der Waals surface area contributed by atoms with E-state index in [0.29, 0.717) is 24.0 Å². The Morgan fingerprint density at radius 1 is 0.828 bits per heavy atom. The van der Waals surface area contributed by atoms with Gasteiger partial charge in [-0.2, -0.15) is 5.26 Å². The van der Waals surface area contributed by atoms with E-state index in [2.05, 4.69) is 6.07 Å². The molecule has 0 aromatic heterocycles. The van der Waals surface area contributed by atoms with E-state index in [-0.39, 0.29) is 0 Å². The van der Waals surface area contributed by atoms with Gasteiger partial charge in [0.25, 0.3) is 0 Å². The van der Waals surface area contributed by atoms with E-state index >= 15 is 0 Å². The molecule has 0 heterocycles. The van der Waals surface area contributed by atoms with Crippen LogP contribution in [0.3, 0.4) is 0 Å². The van der Waals surface area contributed by atoms with Crippen LogP contribution < -0.4 is 5.73 Å². The Balaban J connectivity index is 0.000000166. The highest BCUT2D eigenvalue weighted by Gasteiger charge is 2.44. The van der Waals surface area contributed by atoms with Gasteiger partial charge in [-0.05, 0) is 67.5 Å². The number of nitrogens with two attached hydrogens (primary N) is 1. The maximum atomic E-state index is 13.0. The van der Waals surface area contributed by atoms with Crippen LogP contribution in [0.2, 0.25) is 0 Å². The van der Waals surface area contributed by atoms with Crippen LogP contribution in [0.4, 0.5) is 17.6 Å². The van der Waals surface area contributed by atoms with Crippen molar-refractivity contribution in [3.05, 3.63) is 70.8 Å². The van der Waals surface area contributed by atoms with Crippen LogP contribution in [0.25, 0.3) is 0 Å². The standard InChI is InChI=1S/C11H11F2NO.C11H9F2N/c12-8-3-2-7(6-9(8)13)11(10(14)15)4-1-5-11;12-9-3-2-8(6-10(9)13)11(7-14)4-1-5-11/h2-3,6H,1,4-5H2,(H2,14,15);2-3,6H,1,4-5H2. The Bertz CT molecular complexity index is 975. The topological polar surface area (TPSA) is 66.9 Å². The molecule has 0 bridgehead atoms. The molecular formula is C22H20F4N2O. The number of carbonyl (C=O) groups is 1. The van der Waals surface area contributed by atoms with Crippen molar-refractivity contribution in [3.63, 3.8) is 0 Å². The zero-order valence-corrected chi connectivity index (χ0v) is 15.7. The molecule has 0 atom stereocenters. The van der Waals surface area contributed by atoms with Gasteiger partial charge in [-0.25, -0.2) is 17.6 Å². The minimum atomic E-state index is -0.931. The van der Waals surface area contributed by atoms with Crippen molar-refractivity contribution >= 4 is 5.91 Å². The Labute approximate surface area is 166 Å². The van der Waals surface area contributed by atoms with Gasteiger partial charge >= 0.3 is 0 Å². The largest absolute Gasteiger partial charge is 0.369 e. The average molecular weight is 404 g/mol. The lowest BCUT2D eigenvalue weighted by atomic mass is 9.64. The summed E-state index contributed by atoms with van der Waals surface area (Å²) >= 11 is 0. The molecule has 4 rings (SSSR count). The van der Waals surface area contributed by atoms with E-state index in [9.17, 15) is 22.4 Å². The second-order valence-corrected chi connectivity index (χ2v) is 7.61. The lowest BCUT2D eigenvalue weighted by Crippen LogP contribution is -2.46. The van der Waals surface area contributed by atoms with Crippen LogP contribution in [0, 0.1) is 34.6 Å². The fourth-order valence-corrected chi connectivity index (χ4v) is 3.79. The van der Waals surface area contributed by atoms with Crippen LogP contribution in [-0.2, 0) is 15.6 Å². The molecule has 152 valence electrons. The van der Waals surface area contributed by atoms with Gasteiger partial charge in [0, 0.05) is 0 Å². The molecule has 3 nitrogen and oxygen atoms in total. The van der Waals surface area contributed by atoms with Crippen LogP contribution >= 0.6 is 0 Å². The molecule has 7 heteroatoms. The fourth-order valence-electron chi connectivity index (χ4n) is 3.79. The molecule has 2 fully saturated rings. The highest BCUT2D eigenvalue weighted by molar-refractivity contribution is 5.87. The number of nitriles is 1. The Hall–Kier alpha value is -2.88. The molecule has 0 saturated heterocycles. The molecule has 0 unspecified atom stereocenters. The number of rotatable bonds is 3. The fraction of sp³-hybridized carbons (Fsp3) is 0.364. The van der Waals surface area contributed by atoms with Crippen molar-refractivity contribution in [2.24, 2.45) is 5.73 Å². The lowest BCUT2D eigenvalue weighted by molar-refractivity contribution is -0.126. The Morgan fingerprint density at radius 3 is 1.66 bits per heavy atom. The van der Waals surface area contributed by atoms with Gasteiger partial charge in [-0.15, -0.1) is 0 Å². The van der Waals surface area contributed by atoms with E-state index in [1.54, 1.807) is 0 Å². The predicted molar refractivity (Wildman–Crippen MR) is 98.6 cm³/mol. The number of primary amides is 1. The summed E-state index contributed by atoms with van der Waals surface area (Å²) in [7, 11) is 0. The third kappa shape index (κ3) is 3.71. The van der Waals surface area contributed by atoms with Crippen LogP contribution in [0.5, 0.6) is 0 Å². The SMILES string of the molecule is N#CC1(c2ccc(F)c(F)c2)CCC1.NC(=O)C1(c2ccc(F)c(F)c2)CCC1. The molecule has 2 aliphatic rings. The summed E-state index contributed by atoms with van der Waals surface area (Å²) in [6.45, 7) is 0. The van der Waals surface area contributed by atoms with Crippen molar-refractivity contribution in [1.29, 1.82) is 5.26 Å². The first-order chi connectivity index (χ1) is 13.7. The van der Waals surface area contributed by atoms with Gasteiger partial charge < -0.3 is 5.73 Å². The van der Waals surface area contributed by atoms with E-state index in [1.165, 1.54) is 12.1 Å². The summed E-state index contributed by atoms with van der Waals surface area (Å²) in [6, 6.07) is 9.45. The lowest BCUT2D eigenvalue weighted by Gasteiger charge is -2.39. The van der Waals surface area contributed by atoms with Crippen molar-refractivity contribution in [2.45, 2.75) is 49.4 Å². The molecule has 2 aromatic rings. The van der Waals surface area contributed by atoms with Crippen LogP contribution in [-0.4, -0.2) is 5.91 Å². The van der Waals surface area contributed by atoms with Gasteiger partial charge in [-0.1, -0.05) is 18.6 Å². The minimum Gasteiger partial charge on any atom is -0.369 e. The first kappa shape index (κ1) is 20.8. The third-order valence-electron chi connectivity index (χ3n) is 6.04. The van der Waals surface area contributed by atoms with Gasteiger partial charge in [0.1, 0.15) is 0 Å². The highest BCUT2D eigenvalue weighted by Crippen LogP contribution is 2.44. The van der Waals surface area contributed by atoms with Gasteiger partial charge in [0.2, 0.25) is 5.91 Å². The zero-order chi connectivity index (χ0) is 21.2. The quantitative estimate of drug-likeness (QED) is 0.748.